The molecule has 0 amide bonds. The molecule has 6 nitrogen and oxygen atoms in total. The monoisotopic (exact) mass is 524 g/mol. The van der Waals surface area contributed by atoms with Crippen molar-refractivity contribution in [3.05, 3.63) is 117 Å². The fourth-order valence-corrected chi connectivity index (χ4v) is 4.10. The van der Waals surface area contributed by atoms with E-state index in [1.807, 2.05) is 6.92 Å². The van der Waals surface area contributed by atoms with E-state index >= 15 is 0 Å². The third-order valence-electron chi connectivity index (χ3n) is 6.05. The van der Waals surface area contributed by atoms with Crippen molar-refractivity contribution in [2.75, 3.05) is 0 Å². The standard InChI is InChI=1S/C28H24F4N4O2/c1-4-22(29)25(33)19-13-17(3)35-26-18(19)7-5-9-24(26)38-15-20-16(2)10-11-34-23(20)14-36-12-6-8-21(27(36)37)28(30,31)32/h4-13H,1,14-15,33H2,2-3H3/b25-22+. The number of allylic oxidation sites excluding steroid dienone is 2. The van der Waals surface area contributed by atoms with Crippen LogP contribution in [0.3, 0.4) is 0 Å². The Bertz CT molecular complexity index is 1620. The molecule has 0 spiro atoms. The number of hydrogen-bond acceptors (Lipinski definition) is 5. The van der Waals surface area contributed by atoms with E-state index in [2.05, 4.69) is 16.5 Å². The van der Waals surface area contributed by atoms with Crippen LogP contribution in [0.4, 0.5) is 17.6 Å². The second kappa shape index (κ2) is 10.5. The first-order valence-electron chi connectivity index (χ1n) is 11.5. The van der Waals surface area contributed by atoms with Crippen LogP contribution in [0.15, 0.2) is 78.1 Å². The number of alkyl halides is 3. The Kier molecular flexibility index (Phi) is 7.34. The highest BCUT2D eigenvalue weighted by atomic mass is 19.4. The lowest BCUT2D eigenvalue weighted by atomic mass is 10.0. The number of benzene rings is 1. The molecule has 0 atom stereocenters. The van der Waals surface area contributed by atoms with Gasteiger partial charge in [0.2, 0.25) is 0 Å². The van der Waals surface area contributed by atoms with Gasteiger partial charge < -0.3 is 15.0 Å². The highest BCUT2D eigenvalue weighted by Crippen LogP contribution is 2.32. The summed E-state index contributed by atoms with van der Waals surface area (Å²) in [5.74, 6) is -0.270. The number of pyridine rings is 3. The molecule has 4 aromatic rings. The third-order valence-corrected chi connectivity index (χ3v) is 6.05. The predicted octanol–water partition coefficient (Wildman–Crippen LogP) is 5.84. The minimum absolute atomic E-state index is 0.000865. The van der Waals surface area contributed by atoms with Crippen molar-refractivity contribution in [3.8, 4) is 5.75 Å². The molecule has 4 rings (SSSR count). The molecule has 0 unspecified atom stereocenters. The largest absolute Gasteiger partial charge is 0.487 e. The molecule has 0 saturated carbocycles. The van der Waals surface area contributed by atoms with Crippen LogP contribution in [0.5, 0.6) is 5.75 Å². The minimum atomic E-state index is -4.77. The lowest BCUT2D eigenvalue weighted by molar-refractivity contribution is -0.138. The molecule has 3 aromatic heterocycles. The van der Waals surface area contributed by atoms with Crippen LogP contribution >= 0.6 is 0 Å². The predicted molar refractivity (Wildman–Crippen MR) is 137 cm³/mol. The summed E-state index contributed by atoms with van der Waals surface area (Å²) in [4.78, 5) is 21.3. The molecule has 3 heterocycles. The van der Waals surface area contributed by atoms with Crippen LogP contribution in [0.25, 0.3) is 16.6 Å². The molecule has 0 aliphatic heterocycles. The summed E-state index contributed by atoms with van der Waals surface area (Å²) in [6.45, 7) is 6.80. The molecule has 196 valence electrons. The maximum atomic E-state index is 14.2. The fourth-order valence-electron chi connectivity index (χ4n) is 4.10. The van der Waals surface area contributed by atoms with E-state index in [1.165, 1.54) is 18.5 Å². The van der Waals surface area contributed by atoms with E-state index in [4.69, 9.17) is 10.5 Å². The van der Waals surface area contributed by atoms with Gasteiger partial charge in [-0.2, -0.15) is 13.2 Å². The van der Waals surface area contributed by atoms with Gasteiger partial charge in [-0.15, -0.1) is 0 Å². The Labute approximate surface area is 215 Å². The average molecular weight is 525 g/mol. The summed E-state index contributed by atoms with van der Waals surface area (Å²) in [6, 6.07) is 10.5. The molecule has 0 aliphatic rings. The van der Waals surface area contributed by atoms with E-state index in [0.29, 0.717) is 39.2 Å². The first kappa shape index (κ1) is 26.6. The van der Waals surface area contributed by atoms with Crippen LogP contribution < -0.4 is 16.0 Å². The molecule has 0 radical (unpaired) electrons. The summed E-state index contributed by atoms with van der Waals surface area (Å²) >= 11 is 0. The SMILES string of the molecule is C=C/C(F)=C(\N)c1cc(C)nc2c(OCc3c(C)ccnc3Cn3cccc(C(F)(F)F)c3=O)cccc12. The number of hydrogen-bond donors (Lipinski definition) is 1. The zero-order valence-electron chi connectivity index (χ0n) is 20.6. The van der Waals surface area contributed by atoms with E-state index in [1.54, 1.807) is 37.3 Å². The lowest BCUT2D eigenvalue weighted by Gasteiger charge is -2.16. The third kappa shape index (κ3) is 5.29. The van der Waals surface area contributed by atoms with Gasteiger partial charge in [0.1, 0.15) is 29.3 Å². The van der Waals surface area contributed by atoms with Crippen LogP contribution in [0.2, 0.25) is 0 Å². The molecule has 10 heteroatoms. The van der Waals surface area contributed by atoms with Gasteiger partial charge in [0.15, 0.2) is 0 Å². The molecular formula is C28H24F4N4O2. The lowest BCUT2D eigenvalue weighted by Crippen LogP contribution is -2.29. The average Bonchev–Trinajstić information content (AvgIpc) is 2.87. The number of fused-ring (bicyclic) bond motifs is 1. The summed E-state index contributed by atoms with van der Waals surface area (Å²) in [6.07, 6.45) is -0.937. The molecule has 1 aromatic carbocycles. The highest BCUT2D eigenvalue weighted by molar-refractivity contribution is 5.95. The molecular weight excluding hydrogens is 500 g/mol. The second-order valence-electron chi connectivity index (χ2n) is 8.62. The van der Waals surface area contributed by atoms with Crippen LogP contribution in [-0.2, 0) is 19.3 Å². The Morgan fingerprint density at radius 2 is 1.95 bits per heavy atom. The van der Waals surface area contributed by atoms with Crippen molar-refractivity contribution in [3.63, 3.8) is 0 Å². The van der Waals surface area contributed by atoms with Gasteiger partial charge >= 0.3 is 6.18 Å². The van der Waals surface area contributed by atoms with Crippen LogP contribution in [-0.4, -0.2) is 14.5 Å². The van der Waals surface area contributed by atoms with E-state index in [9.17, 15) is 22.4 Å². The Balaban J connectivity index is 1.71. The van der Waals surface area contributed by atoms with Gasteiger partial charge in [0, 0.05) is 34.6 Å². The van der Waals surface area contributed by atoms with E-state index in [0.717, 1.165) is 22.3 Å². The van der Waals surface area contributed by atoms with E-state index < -0.39 is 23.1 Å². The molecule has 38 heavy (non-hydrogen) atoms. The molecule has 2 N–H and O–H groups in total. The number of nitrogens with two attached hydrogens (primary N) is 1. The Morgan fingerprint density at radius 1 is 1.18 bits per heavy atom. The summed E-state index contributed by atoms with van der Waals surface area (Å²) in [5.41, 5.74) is 6.79. The Morgan fingerprint density at radius 3 is 2.66 bits per heavy atom. The number of nitrogens with zero attached hydrogens (tertiary/aromatic N) is 3. The topological polar surface area (TPSA) is 83.0 Å². The first-order chi connectivity index (χ1) is 18.0. The molecule has 0 bridgehead atoms. The van der Waals surface area contributed by atoms with Gasteiger partial charge in [0.05, 0.1) is 17.9 Å². The van der Waals surface area contributed by atoms with Gasteiger partial charge in [-0.3, -0.25) is 9.78 Å². The molecule has 0 fully saturated rings. The van der Waals surface area contributed by atoms with Gasteiger partial charge in [0.25, 0.3) is 5.56 Å². The molecule has 0 saturated heterocycles. The number of aromatic nitrogens is 3. The summed E-state index contributed by atoms with van der Waals surface area (Å²) in [7, 11) is 0. The second-order valence-corrected chi connectivity index (χ2v) is 8.62. The van der Waals surface area contributed by atoms with Crippen molar-refractivity contribution in [2.45, 2.75) is 33.2 Å². The van der Waals surface area contributed by atoms with Crippen LogP contribution in [0, 0.1) is 13.8 Å². The number of halogens is 4. The number of para-hydroxylation sites is 1. The first-order valence-corrected chi connectivity index (χ1v) is 11.5. The number of aryl methyl sites for hydroxylation is 2. The summed E-state index contributed by atoms with van der Waals surface area (Å²) in [5, 5.41) is 0.571. The van der Waals surface area contributed by atoms with Crippen molar-refractivity contribution < 1.29 is 22.3 Å². The van der Waals surface area contributed by atoms with Crippen LogP contribution in [0.1, 0.15) is 33.6 Å². The zero-order chi connectivity index (χ0) is 27.6. The quantitative estimate of drug-likeness (QED) is 0.243. The van der Waals surface area contributed by atoms with Crippen molar-refractivity contribution >= 4 is 16.6 Å². The normalized spacial score (nSPS) is 12.4. The fraction of sp³-hybridized carbons (Fsp3) is 0.179. The van der Waals surface area contributed by atoms with Gasteiger partial charge in [-0.25, -0.2) is 9.37 Å². The van der Waals surface area contributed by atoms with Crippen molar-refractivity contribution in [2.24, 2.45) is 5.73 Å². The summed E-state index contributed by atoms with van der Waals surface area (Å²) < 4.78 is 61.0. The molecule has 0 aliphatic carbocycles. The maximum Gasteiger partial charge on any atom is 0.421 e. The number of ether oxygens (including phenoxy) is 1. The van der Waals surface area contributed by atoms with Gasteiger partial charge in [-0.1, -0.05) is 18.7 Å². The van der Waals surface area contributed by atoms with Gasteiger partial charge in [-0.05, 0) is 55.8 Å². The smallest absolute Gasteiger partial charge is 0.421 e. The Hall–Kier alpha value is -4.47. The van der Waals surface area contributed by atoms with E-state index in [-0.39, 0.29) is 18.8 Å². The number of rotatable bonds is 7. The zero-order valence-corrected chi connectivity index (χ0v) is 20.6. The van der Waals surface area contributed by atoms with Crippen molar-refractivity contribution in [1.29, 1.82) is 0 Å². The highest BCUT2D eigenvalue weighted by Gasteiger charge is 2.34. The van der Waals surface area contributed by atoms with Crippen molar-refractivity contribution in [1.82, 2.24) is 14.5 Å². The minimum Gasteiger partial charge on any atom is -0.487 e. The maximum absolute atomic E-state index is 14.2.